The Balaban J connectivity index is 0.000000537. The van der Waals surface area contributed by atoms with Gasteiger partial charge in [0.15, 0.2) is 5.75 Å². The number of benzene rings is 2. The molecule has 0 aromatic heterocycles. The van der Waals surface area contributed by atoms with Crippen LogP contribution in [0.15, 0.2) is 62.1 Å². The minimum atomic E-state index is -1.25. The van der Waals surface area contributed by atoms with Crippen LogP contribution in [0.5, 0.6) is 11.5 Å². The number of nitrogens with zero attached hydrogens (tertiary/aromatic N) is 2. The molecule has 2 rings (SSSR count). The summed E-state index contributed by atoms with van der Waals surface area (Å²) in [7, 11) is 1.24. The lowest BCUT2D eigenvalue weighted by Gasteiger charge is -2.24. The van der Waals surface area contributed by atoms with Crippen LogP contribution in [-0.4, -0.2) is 74.5 Å². The normalized spacial score (nSPS) is 11.5. The predicted molar refractivity (Wildman–Crippen MR) is 144 cm³/mol. The molecule has 0 aliphatic heterocycles. The van der Waals surface area contributed by atoms with Gasteiger partial charge in [-0.1, -0.05) is 36.9 Å². The van der Waals surface area contributed by atoms with Crippen molar-refractivity contribution in [2.45, 2.75) is 19.0 Å². The Hall–Kier alpha value is -4.38. The van der Waals surface area contributed by atoms with Crippen molar-refractivity contribution in [1.82, 2.24) is 9.71 Å². The van der Waals surface area contributed by atoms with Crippen LogP contribution >= 0.6 is 11.6 Å². The lowest BCUT2D eigenvalue weighted by atomic mass is 10.1. The van der Waals surface area contributed by atoms with Gasteiger partial charge < -0.3 is 31.3 Å². The molecule has 1 atom stereocenters. The van der Waals surface area contributed by atoms with E-state index in [0.29, 0.717) is 11.4 Å². The average molecular weight is 601 g/mol. The first-order valence-corrected chi connectivity index (χ1v) is 11.8. The number of quaternary nitrogens is 1. The fourth-order valence-electron chi connectivity index (χ4n) is 3.14. The molecule has 224 valence electrons. The molecule has 2 aromatic carbocycles. The molecule has 1 unspecified atom stereocenters. The summed E-state index contributed by atoms with van der Waals surface area (Å²) in [5.41, 5.74) is 6.12. The molecule has 0 saturated carbocycles. The monoisotopic (exact) mass is 600 g/mol. The number of nitrogens with two attached hydrogens (primary N) is 1. The number of carbonyl (C=O) groups is 3. The molecule has 15 nitrogen and oxygen atoms in total. The van der Waals surface area contributed by atoms with Gasteiger partial charge >= 0.3 is 17.9 Å². The Morgan fingerprint density at radius 1 is 0.951 bits per heavy atom. The van der Waals surface area contributed by atoms with Gasteiger partial charge in [0.1, 0.15) is 25.6 Å². The number of rotatable bonds is 16. The van der Waals surface area contributed by atoms with Crippen molar-refractivity contribution >= 4 is 35.2 Å². The van der Waals surface area contributed by atoms with E-state index < -0.39 is 53.3 Å². The Labute approximate surface area is 239 Å². The number of aromatic hydroxyl groups is 2. The van der Waals surface area contributed by atoms with Crippen LogP contribution in [-0.2, 0) is 47.1 Å². The van der Waals surface area contributed by atoms with E-state index in [0.717, 1.165) is 23.0 Å². The maximum atomic E-state index is 10.9. The van der Waals surface area contributed by atoms with Crippen LogP contribution in [0.1, 0.15) is 11.1 Å². The zero-order valence-electron chi connectivity index (χ0n) is 21.9. The molecule has 0 bridgehead atoms. The third kappa shape index (κ3) is 11.7. The zero-order valence-corrected chi connectivity index (χ0v) is 22.6. The molecule has 0 amide bonds. The minimum Gasteiger partial charge on any atom is -0.504 e. The summed E-state index contributed by atoms with van der Waals surface area (Å²) < 4.78 is 0. The molecule has 0 heterocycles. The smallest absolute Gasteiger partial charge is 0.320 e. The summed E-state index contributed by atoms with van der Waals surface area (Å²) in [6.45, 7) is 5.12. The highest BCUT2D eigenvalue weighted by molar-refractivity contribution is 6.30. The van der Waals surface area contributed by atoms with Crippen LogP contribution < -0.4 is 10.5 Å². The molecule has 41 heavy (non-hydrogen) atoms. The lowest BCUT2D eigenvalue weighted by Crippen LogP contribution is -2.44. The summed E-state index contributed by atoms with van der Waals surface area (Å²) in [5, 5.41) is 47.6. The van der Waals surface area contributed by atoms with Crippen molar-refractivity contribution in [3.8, 4) is 11.5 Å². The highest BCUT2D eigenvalue weighted by Gasteiger charge is 2.40. The SMILES string of the molecule is C=COO[N+](C)(OOC=C)c1ccc(CN(CC(=O)O)CC(=O)O)c(O)c1O.NC(Cc1ccc(Cl)cc1)C(=O)O. The molecule has 0 aliphatic carbocycles. The van der Waals surface area contributed by atoms with Crippen molar-refractivity contribution in [1.29, 1.82) is 0 Å². The Bertz CT molecular complexity index is 1180. The number of hydrogen-bond acceptors (Lipinski definition) is 11. The van der Waals surface area contributed by atoms with Crippen molar-refractivity contribution in [3.63, 3.8) is 0 Å². The number of hydrogen-bond donors (Lipinski definition) is 6. The van der Waals surface area contributed by atoms with Crippen molar-refractivity contribution in [3.05, 3.63) is 78.2 Å². The Kier molecular flexibility index (Phi) is 14.1. The summed E-state index contributed by atoms with van der Waals surface area (Å²) in [6, 6.07) is 8.70. The third-order valence-electron chi connectivity index (χ3n) is 4.96. The number of hydroxylamine groups is 2. The second-order valence-corrected chi connectivity index (χ2v) is 8.61. The highest BCUT2D eigenvalue weighted by Crippen LogP contribution is 2.42. The zero-order chi connectivity index (χ0) is 31.2. The maximum absolute atomic E-state index is 10.9. The van der Waals surface area contributed by atoms with E-state index in [1.165, 1.54) is 19.2 Å². The highest BCUT2D eigenvalue weighted by atomic mass is 35.5. The molecule has 0 aliphatic rings. The van der Waals surface area contributed by atoms with Gasteiger partial charge in [-0.15, -0.1) is 0 Å². The number of halogens is 1. The minimum absolute atomic E-state index is 0.0598. The van der Waals surface area contributed by atoms with Crippen LogP contribution in [0.3, 0.4) is 0 Å². The first kappa shape index (κ1) is 34.6. The molecule has 0 saturated heterocycles. The van der Waals surface area contributed by atoms with E-state index in [2.05, 4.69) is 22.9 Å². The Morgan fingerprint density at radius 2 is 1.46 bits per heavy atom. The molecule has 16 heteroatoms. The fraction of sp³-hybridized carbons (Fsp3) is 0.240. The fourth-order valence-corrected chi connectivity index (χ4v) is 3.26. The summed E-state index contributed by atoms with van der Waals surface area (Å²) in [6.07, 6.45) is 2.18. The van der Waals surface area contributed by atoms with Gasteiger partial charge in [-0.3, -0.25) is 29.1 Å². The van der Waals surface area contributed by atoms with Gasteiger partial charge in [0, 0.05) is 23.2 Å². The topological polar surface area (TPSA) is 219 Å². The van der Waals surface area contributed by atoms with E-state index in [1.54, 1.807) is 24.3 Å². The number of phenols is 2. The van der Waals surface area contributed by atoms with Gasteiger partial charge in [-0.2, -0.15) is 0 Å². The van der Waals surface area contributed by atoms with Crippen LogP contribution in [0.25, 0.3) is 0 Å². The summed E-state index contributed by atoms with van der Waals surface area (Å²) >= 11 is 5.66. The van der Waals surface area contributed by atoms with Crippen LogP contribution in [0.2, 0.25) is 5.02 Å². The predicted octanol–water partition coefficient (Wildman–Crippen LogP) is 2.31. The number of phenolic OH excluding ortho intramolecular Hbond substituents is 2. The van der Waals surface area contributed by atoms with E-state index >= 15 is 0 Å². The van der Waals surface area contributed by atoms with Gasteiger partial charge in [0.2, 0.25) is 5.75 Å². The van der Waals surface area contributed by atoms with Crippen LogP contribution in [0.4, 0.5) is 5.69 Å². The standard InChI is InChI=1S/C16H20N2O10.C9H10ClNO2/c1-4-25-27-18(3,28-26-5-2)12-7-6-11(15(23)16(12)24)8-17(9-13(19)20)10-14(21)22;10-7-3-1-6(2-4-7)5-8(11)9(12)13/h4-7H,1-2,8-10H2,3H3,(H3-,19,20,21,22,23,24);1-4,8H,5,11H2,(H,12,13)/p+1. The van der Waals surface area contributed by atoms with Gasteiger partial charge in [-0.05, 0) is 30.2 Å². The number of carboxylic acid groups (broad SMARTS) is 3. The van der Waals surface area contributed by atoms with Crippen molar-refractivity contribution in [2.24, 2.45) is 5.73 Å². The second-order valence-electron chi connectivity index (χ2n) is 8.17. The Morgan fingerprint density at radius 3 is 1.90 bits per heavy atom. The molecular formula is C25H31ClN3O12+. The van der Waals surface area contributed by atoms with Crippen molar-refractivity contribution in [2.75, 3.05) is 20.1 Å². The van der Waals surface area contributed by atoms with Gasteiger partial charge in [0.05, 0.1) is 27.9 Å². The maximum Gasteiger partial charge on any atom is 0.320 e. The van der Waals surface area contributed by atoms with Crippen LogP contribution in [0, 0.1) is 0 Å². The molecule has 7 N–H and O–H groups in total. The number of carboxylic acids is 3. The van der Waals surface area contributed by atoms with Gasteiger partial charge in [-0.25, -0.2) is 0 Å². The average Bonchev–Trinajstić information content (AvgIpc) is 2.90. The summed E-state index contributed by atoms with van der Waals surface area (Å²) in [4.78, 5) is 51.2. The second kappa shape index (κ2) is 16.7. The van der Waals surface area contributed by atoms with Gasteiger partial charge in [0.25, 0.3) is 5.69 Å². The van der Waals surface area contributed by atoms with Crippen molar-refractivity contribution < 1.29 is 59.7 Å². The first-order chi connectivity index (χ1) is 19.2. The van der Waals surface area contributed by atoms with E-state index in [1.807, 2.05) is 0 Å². The molecule has 0 radical (unpaired) electrons. The molecular weight excluding hydrogens is 570 g/mol. The largest absolute Gasteiger partial charge is 0.504 e. The molecule has 0 spiro atoms. The summed E-state index contributed by atoms with van der Waals surface area (Å²) in [5.74, 6) is -4.85. The first-order valence-electron chi connectivity index (χ1n) is 11.5. The molecule has 2 aromatic rings. The third-order valence-corrected chi connectivity index (χ3v) is 5.21. The van der Waals surface area contributed by atoms with E-state index in [9.17, 15) is 24.6 Å². The number of aliphatic carboxylic acids is 3. The lowest BCUT2D eigenvalue weighted by molar-refractivity contribution is -0.559. The quantitative estimate of drug-likeness (QED) is 0.0535. The van der Waals surface area contributed by atoms with E-state index in [-0.39, 0.29) is 17.8 Å². The van der Waals surface area contributed by atoms with E-state index in [4.69, 9.17) is 42.6 Å². The molecule has 0 fully saturated rings.